The molecule has 1 heterocycles. The molecule has 4 aromatic rings. The number of carbonyl (C=O) groups is 3. The number of nitrogens with two attached hydrogens (primary N) is 1. The summed E-state index contributed by atoms with van der Waals surface area (Å²) < 4.78 is 17.0. The average molecular weight is 650 g/mol. The smallest absolute Gasteiger partial charge is 0.342 e. The van der Waals surface area contributed by atoms with Gasteiger partial charge >= 0.3 is 5.97 Å². The molecule has 0 bridgehead atoms. The zero-order valence-electron chi connectivity index (χ0n) is 27.1. The van der Waals surface area contributed by atoms with Crippen LogP contribution in [0.2, 0.25) is 0 Å². The molecule has 0 saturated heterocycles. The Labute approximate surface area is 279 Å². The molecule has 48 heavy (non-hydrogen) atoms. The van der Waals surface area contributed by atoms with Crippen LogP contribution in [0, 0.1) is 0 Å². The van der Waals surface area contributed by atoms with Gasteiger partial charge in [-0.25, -0.2) is 10.3 Å². The van der Waals surface area contributed by atoms with Crippen LogP contribution in [0.5, 0.6) is 11.5 Å². The van der Waals surface area contributed by atoms with Gasteiger partial charge in [0.25, 0.3) is 5.91 Å². The van der Waals surface area contributed by atoms with Crippen LogP contribution in [-0.2, 0) is 16.1 Å². The average Bonchev–Trinajstić information content (AvgIpc) is 3.53. The first-order chi connectivity index (χ1) is 23.3. The third-order valence-electron chi connectivity index (χ3n) is 7.97. The number of hydrogen-bond acceptors (Lipinski definition) is 10. The Bertz CT molecular complexity index is 1780. The number of Topliss-reactive ketones (excluding diaryl/α,β-unsaturated/α-hetero) is 1. The third-order valence-corrected chi connectivity index (χ3v) is 7.97. The van der Waals surface area contributed by atoms with E-state index in [9.17, 15) is 14.4 Å². The Balaban J connectivity index is 1.37. The zero-order valence-corrected chi connectivity index (χ0v) is 27.1. The van der Waals surface area contributed by atoms with Crippen molar-refractivity contribution in [1.29, 1.82) is 0 Å². The molecule has 5 rings (SSSR count). The standard InChI is InChI=1S/C37H39N5O6/c1-4-11-32(26-12-7-6-8-13-26)48-33-15-10-9-14-30(33)35(44)40-27-18-21-29(31(38)22-27)34(43)37(36(45)47-5-2)24-39-41-42(37)23-25-16-19-28(46-3)20-17-25/h6-10,12-22,24,32,41H,4-5,11,23,38H2,1-3H3,(H,40,44). The lowest BCUT2D eigenvalue weighted by atomic mass is 9.88. The maximum absolute atomic E-state index is 14.2. The van der Waals surface area contributed by atoms with E-state index >= 15 is 0 Å². The first-order valence-electron chi connectivity index (χ1n) is 15.7. The van der Waals surface area contributed by atoms with Crippen molar-refractivity contribution >= 4 is 35.2 Å². The number of esters is 1. The number of rotatable bonds is 14. The Hall–Kier alpha value is -5.68. The number of hydrogen-bond donors (Lipinski definition) is 3. The summed E-state index contributed by atoms with van der Waals surface area (Å²) in [6, 6.07) is 28.6. The number of methoxy groups -OCH3 is 1. The Morgan fingerprint density at radius 3 is 2.35 bits per heavy atom. The molecular weight excluding hydrogens is 610 g/mol. The number of nitrogens with one attached hydrogen (secondary N) is 2. The van der Waals surface area contributed by atoms with E-state index in [1.165, 1.54) is 23.4 Å². The van der Waals surface area contributed by atoms with Gasteiger partial charge in [0.2, 0.25) is 11.3 Å². The lowest BCUT2D eigenvalue weighted by molar-refractivity contribution is -0.151. The quantitative estimate of drug-likeness (QED) is 0.0654. The van der Waals surface area contributed by atoms with Crippen LogP contribution in [0.1, 0.15) is 64.6 Å². The molecule has 2 unspecified atom stereocenters. The summed E-state index contributed by atoms with van der Waals surface area (Å²) in [4.78, 5) is 41.2. The maximum Gasteiger partial charge on any atom is 0.342 e. The van der Waals surface area contributed by atoms with Crippen molar-refractivity contribution in [2.45, 2.75) is 44.9 Å². The number of para-hydroxylation sites is 1. The van der Waals surface area contributed by atoms with Gasteiger partial charge in [-0.1, -0.05) is 67.9 Å². The molecule has 1 aliphatic rings. The second-order valence-electron chi connectivity index (χ2n) is 11.2. The summed E-state index contributed by atoms with van der Waals surface area (Å²) in [5, 5.41) is 8.34. The number of nitrogen functional groups attached to an aromatic ring is 1. The second-order valence-corrected chi connectivity index (χ2v) is 11.2. The van der Waals surface area contributed by atoms with E-state index in [2.05, 4.69) is 22.9 Å². The zero-order chi connectivity index (χ0) is 34.1. The summed E-state index contributed by atoms with van der Waals surface area (Å²) in [5.41, 5.74) is 9.88. The van der Waals surface area contributed by atoms with Gasteiger partial charge in [0, 0.05) is 23.5 Å². The number of hydrazone groups is 1. The predicted octanol–water partition coefficient (Wildman–Crippen LogP) is 5.94. The van der Waals surface area contributed by atoms with Gasteiger partial charge in [0.15, 0.2) is 0 Å². The topological polar surface area (TPSA) is 145 Å². The SMILES string of the molecule is CCCC(Oc1ccccc1C(=O)Nc1ccc(C(=O)C2(C(=O)OCC)C=NNN2Cc2ccc(OC)cc2)c(N)c1)c1ccccc1. The number of benzene rings is 4. The highest BCUT2D eigenvalue weighted by Crippen LogP contribution is 2.32. The number of carbonyl (C=O) groups excluding carboxylic acids is 3. The molecule has 2 atom stereocenters. The Kier molecular flexibility index (Phi) is 10.7. The highest BCUT2D eigenvalue weighted by molar-refractivity contribution is 6.29. The van der Waals surface area contributed by atoms with Crippen LogP contribution in [0.4, 0.5) is 11.4 Å². The summed E-state index contributed by atoms with van der Waals surface area (Å²) in [6.07, 6.45) is 2.67. The molecule has 0 fully saturated rings. The first-order valence-corrected chi connectivity index (χ1v) is 15.7. The summed E-state index contributed by atoms with van der Waals surface area (Å²) in [5.74, 6) is -0.740. The van der Waals surface area contributed by atoms with Gasteiger partial charge in [-0.2, -0.15) is 10.1 Å². The van der Waals surface area contributed by atoms with Gasteiger partial charge in [-0.15, -0.1) is 0 Å². The van der Waals surface area contributed by atoms with Gasteiger partial charge in [0.1, 0.15) is 17.6 Å². The number of nitrogens with zero attached hydrogens (tertiary/aromatic N) is 2. The first kappa shape index (κ1) is 33.7. The normalized spacial score (nSPS) is 16.1. The molecule has 0 radical (unpaired) electrons. The molecule has 248 valence electrons. The minimum atomic E-state index is -1.93. The van der Waals surface area contributed by atoms with E-state index in [0.29, 0.717) is 22.7 Å². The van der Waals surface area contributed by atoms with Gasteiger partial charge in [-0.05, 0) is 66.9 Å². The number of anilines is 2. The minimum Gasteiger partial charge on any atom is -0.497 e. The fraction of sp³-hybridized carbons (Fsp3) is 0.243. The van der Waals surface area contributed by atoms with Crippen molar-refractivity contribution in [2.75, 3.05) is 24.8 Å². The Morgan fingerprint density at radius 1 is 0.938 bits per heavy atom. The van der Waals surface area contributed by atoms with Crippen LogP contribution < -0.4 is 26.1 Å². The third kappa shape index (κ3) is 7.16. The molecule has 0 spiro atoms. The molecule has 4 aromatic carbocycles. The number of amides is 1. The Morgan fingerprint density at radius 2 is 1.67 bits per heavy atom. The van der Waals surface area contributed by atoms with E-state index in [0.717, 1.165) is 24.0 Å². The van der Waals surface area contributed by atoms with Crippen molar-refractivity contribution in [3.05, 3.63) is 119 Å². The van der Waals surface area contributed by atoms with Crippen molar-refractivity contribution in [3.63, 3.8) is 0 Å². The summed E-state index contributed by atoms with van der Waals surface area (Å²) in [6.45, 7) is 3.92. The molecule has 0 aromatic heterocycles. The van der Waals surface area contributed by atoms with Crippen LogP contribution in [0.25, 0.3) is 0 Å². The second kappa shape index (κ2) is 15.3. The molecule has 11 nitrogen and oxygen atoms in total. The van der Waals surface area contributed by atoms with Gasteiger partial charge < -0.3 is 25.3 Å². The van der Waals surface area contributed by atoms with Crippen molar-refractivity contribution in [3.8, 4) is 11.5 Å². The molecule has 11 heteroatoms. The predicted molar refractivity (Wildman–Crippen MR) is 184 cm³/mol. The molecule has 4 N–H and O–H groups in total. The molecule has 1 aliphatic heterocycles. The van der Waals surface area contributed by atoms with Gasteiger partial charge in [-0.3, -0.25) is 9.59 Å². The van der Waals surface area contributed by atoms with Crippen LogP contribution in [0.3, 0.4) is 0 Å². The lowest BCUT2D eigenvalue weighted by Crippen LogP contribution is -2.61. The summed E-state index contributed by atoms with van der Waals surface area (Å²) >= 11 is 0. The lowest BCUT2D eigenvalue weighted by Gasteiger charge is -2.32. The van der Waals surface area contributed by atoms with Crippen molar-refractivity contribution in [1.82, 2.24) is 10.5 Å². The van der Waals surface area contributed by atoms with Crippen LogP contribution in [-0.4, -0.2) is 48.1 Å². The summed E-state index contributed by atoms with van der Waals surface area (Å²) in [7, 11) is 1.57. The van der Waals surface area contributed by atoms with Crippen molar-refractivity contribution < 1.29 is 28.6 Å². The monoisotopic (exact) mass is 649 g/mol. The highest BCUT2D eigenvalue weighted by atomic mass is 16.5. The van der Waals surface area contributed by atoms with E-state index in [1.54, 1.807) is 50.4 Å². The number of hydrazine groups is 1. The van der Waals surface area contributed by atoms with Crippen LogP contribution in [0.15, 0.2) is 102 Å². The number of ether oxygens (including phenoxy) is 3. The fourth-order valence-corrected chi connectivity index (χ4v) is 5.48. The van der Waals surface area contributed by atoms with E-state index < -0.39 is 23.2 Å². The fourth-order valence-electron chi connectivity index (χ4n) is 5.48. The maximum atomic E-state index is 14.2. The molecule has 1 amide bonds. The van der Waals surface area contributed by atoms with E-state index in [4.69, 9.17) is 19.9 Å². The van der Waals surface area contributed by atoms with Crippen molar-refractivity contribution in [2.24, 2.45) is 5.10 Å². The highest BCUT2D eigenvalue weighted by Gasteiger charge is 2.55. The molecular formula is C37H39N5O6. The minimum absolute atomic E-state index is 0.0499. The largest absolute Gasteiger partial charge is 0.497 e. The van der Waals surface area contributed by atoms with Crippen LogP contribution >= 0.6 is 0 Å². The van der Waals surface area contributed by atoms with Gasteiger partial charge in [0.05, 0.1) is 25.5 Å². The number of ketones is 1. The molecule has 0 saturated carbocycles. The van der Waals surface area contributed by atoms with E-state index in [-0.39, 0.29) is 30.5 Å². The van der Waals surface area contributed by atoms with E-state index in [1.807, 2.05) is 48.5 Å². The molecule has 0 aliphatic carbocycles.